The number of hydrogen-bond acceptors (Lipinski definition) is 3. The Labute approximate surface area is 130 Å². The van der Waals surface area contributed by atoms with E-state index in [1.54, 1.807) is 0 Å². The van der Waals surface area contributed by atoms with Crippen LogP contribution in [-0.2, 0) is 6.54 Å². The predicted octanol–water partition coefficient (Wildman–Crippen LogP) is 2.54. The summed E-state index contributed by atoms with van der Waals surface area (Å²) in [5, 5.41) is 3.24. The minimum absolute atomic E-state index is 0.578. The molecule has 118 valence electrons. The first kappa shape index (κ1) is 16.5. The summed E-state index contributed by atoms with van der Waals surface area (Å²) in [6.45, 7) is 6.79. The second-order valence-corrected chi connectivity index (χ2v) is 6.67. The van der Waals surface area contributed by atoms with Crippen LogP contribution < -0.4 is 5.32 Å². The number of likely N-dealkylation sites (tertiary alicyclic amines) is 1. The van der Waals surface area contributed by atoms with E-state index in [2.05, 4.69) is 60.4 Å². The van der Waals surface area contributed by atoms with Crippen molar-refractivity contribution in [2.24, 2.45) is 0 Å². The van der Waals surface area contributed by atoms with Crippen LogP contribution in [0.25, 0.3) is 0 Å². The highest BCUT2D eigenvalue weighted by atomic mass is 15.2. The second kappa shape index (κ2) is 7.92. The molecule has 1 aromatic carbocycles. The highest BCUT2D eigenvalue weighted by Gasteiger charge is 2.21. The Kier molecular flexibility index (Phi) is 6.22. The Morgan fingerprint density at radius 2 is 2.05 bits per heavy atom. The number of hydrogen-bond donors (Lipinski definition) is 1. The summed E-state index contributed by atoms with van der Waals surface area (Å²) < 4.78 is 0. The summed E-state index contributed by atoms with van der Waals surface area (Å²) >= 11 is 0. The molecule has 2 unspecified atom stereocenters. The molecular formula is C18H31N3. The zero-order chi connectivity index (χ0) is 15.2. The quantitative estimate of drug-likeness (QED) is 0.832. The summed E-state index contributed by atoms with van der Waals surface area (Å²) in [5.74, 6) is 0.578. The van der Waals surface area contributed by atoms with E-state index in [-0.39, 0.29) is 0 Å². The third-order valence-corrected chi connectivity index (χ3v) is 4.71. The van der Waals surface area contributed by atoms with Crippen molar-refractivity contribution in [3.63, 3.8) is 0 Å². The van der Waals surface area contributed by atoms with Gasteiger partial charge >= 0.3 is 0 Å². The number of rotatable bonds is 7. The molecule has 2 rings (SSSR count). The van der Waals surface area contributed by atoms with E-state index in [1.165, 1.54) is 37.1 Å². The van der Waals surface area contributed by atoms with Crippen LogP contribution >= 0.6 is 0 Å². The summed E-state index contributed by atoms with van der Waals surface area (Å²) in [5.41, 5.74) is 2.84. The zero-order valence-electron chi connectivity index (χ0n) is 14.1. The van der Waals surface area contributed by atoms with Gasteiger partial charge < -0.3 is 15.1 Å². The van der Waals surface area contributed by atoms with Crippen molar-refractivity contribution in [3.8, 4) is 0 Å². The van der Waals surface area contributed by atoms with Gasteiger partial charge in [0.1, 0.15) is 0 Å². The summed E-state index contributed by atoms with van der Waals surface area (Å²) in [6, 6.07) is 9.89. The Balaban J connectivity index is 1.84. The Morgan fingerprint density at radius 1 is 1.33 bits per heavy atom. The van der Waals surface area contributed by atoms with Gasteiger partial charge in [0.25, 0.3) is 0 Å². The maximum Gasteiger partial charge on any atom is 0.0231 e. The van der Waals surface area contributed by atoms with Gasteiger partial charge in [0, 0.05) is 25.7 Å². The first-order valence-electron chi connectivity index (χ1n) is 8.22. The molecule has 0 aliphatic carbocycles. The van der Waals surface area contributed by atoms with Crippen molar-refractivity contribution < 1.29 is 0 Å². The standard InChI is InChI=1S/C18H31N3/c1-15(12-19-2)17-9-7-16(8-10-17)13-20(3)14-18-6-5-11-21(18)4/h7-10,15,18-19H,5-6,11-14H2,1-4H3. The van der Waals surface area contributed by atoms with E-state index in [4.69, 9.17) is 0 Å². The number of benzene rings is 1. The molecule has 0 bridgehead atoms. The number of nitrogens with zero attached hydrogens (tertiary/aromatic N) is 2. The van der Waals surface area contributed by atoms with Crippen molar-refractivity contribution in [1.29, 1.82) is 0 Å². The lowest BCUT2D eigenvalue weighted by molar-refractivity contribution is 0.215. The molecule has 21 heavy (non-hydrogen) atoms. The van der Waals surface area contributed by atoms with E-state index in [0.29, 0.717) is 5.92 Å². The Bertz CT molecular complexity index is 415. The van der Waals surface area contributed by atoms with Gasteiger partial charge in [0.2, 0.25) is 0 Å². The molecule has 3 nitrogen and oxygen atoms in total. The average molecular weight is 289 g/mol. The van der Waals surface area contributed by atoms with Gasteiger partial charge in [-0.3, -0.25) is 0 Å². The summed E-state index contributed by atoms with van der Waals surface area (Å²) in [4.78, 5) is 4.96. The zero-order valence-corrected chi connectivity index (χ0v) is 14.1. The first-order valence-corrected chi connectivity index (χ1v) is 8.22. The van der Waals surface area contributed by atoms with Crippen LogP contribution in [0.5, 0.6) is 0 Å². The molecular weight excluding hydrogens is 258 g/mol. The van der Waals surface area contributed by atoms with E-state index in [1.807, 2.05) is 7.05 Å². The molecule has 0 saturated carbocycles. The number of nitrogens with one attached hydrogen (secondary N) is 1. The van der Waals surface area contributed by atoms with E-state index >= 15 is 0 Å². The molecule has 3 heteroatoms. The van der Waals surface area contributed by atoms with Gasteiger partial charge in [-0.05, 0) is 57.6 Å². The van der Waals surface area contributed by atoms with Crippen molar-refractivity contribution in [2.75, 3.05) is 40.8 Å². The first-order chi connectivity index (χ1) is 10.1. The fraction of sp³-hybridized carbons (Fsp3) is 0.667. The third kappa shape index (κ3) is 4.80. The smallest absolute Gasteiger partial charge is 0.0231 e. The van der Waals surface area contributed by atoms with E-state index in [9.17, 15) is 0 Å². The van der Waals surface area contributed by atoms with Crippen LogP contribution in [0.4, 0.5) is 0 Å². The van der Waals surface area contributed by atoms with Crippen molar-refractivity contribution >= 4 is 0 Å². The van der Waals surface area contributed by atoms with Gasteiger partial charge in [-0.25, -0.2) is 0 Å². The predicted molar refractivity (Wildman–Crippen MR) is 90.8 cm³/mol. The molecule has 1 aliphatic rings. The lowest BCUT2D eigenvalue weighted by Gasteiger charge is -2.26. The normalized spacial score (nSPS) is 21.1. The van der Waals surface area contributed by atoms with Crippen LogP contribution in [0.2, 0.25) is 0 Å². The van der Waals surface area contributed by atoms with Gasteiger partial charge in [0.15, 0.2) is 0 Å². The molecule has 1 aliphatic heterocycles. The monoisotopic (exact) mass is 289 g/mol. The average Bonchev–Trinajstić information content (AvgIpc) is 2.85. The molecule has 0 radical (unpaired) electrons. The summed E-state index contributed by atoms with van der Waals surface area (Å²) in [7, 11) is 6.51. The van der Waals surface area contributed by atoms with Crippen LogP contribution in [0, 0.1) is 0 Å². The molecule has 1 aromatic rings. The SMILES string of the molecule is CNCC(C)c1ccc(CN(C)CC2CCCN2C)cc1. The van der Waals surface area contributed by atoms with Crippen molar-refractivity contribution in [1.82, 2.24) is 15.1 Å². The van der Waals surface area contributed by atoms with Gasteiger partial charge in [0.05, 0.1) is 0 Å². The van der Waals surface area contributed by atoms with Crippen molar-refractivity contribution in [3.05, 3.63) is 35.4 Å². The maximum atomic E-state index is 3.24. The highest BCUT2D eigenvalue weighted by molar-refractivity contribution is 5.25. The minimum Gasteiger partial charge on any atom is -0.319 e. The minimum atomic E-state index is 0.578. The van der Waals surface area contributed by atoms with Crippen LogP contribution in [0.15, 0.2) is 24.3 Å². The summed E-state index contributed by atoms with van der Waals surface area (Å²) in [6.07, 6.45) is 2.70. The lowest BCUT2D eigenvalue weighted by Crippen LogP contribution is -2.36. The second-order valence-electron chi connectivity index (χ2n) is 6.67. The van der Waals surface area contributed by atoms with Crippen molar-refractivity contribution in [2.45, 2.75) is 38.3 Å². The third-order valence-electron chi connectivity index (χ3n) is 4.71. The van der Waals surface area contributed by atoms with E-state index < -0.39 is 0 Å². The molecule has 1 saturated heterocycles. The molecule has 0 aromatic heterocycles. The molecule has 0 amide bonds. The lowest BCUT2D eigenvalue weighted by atomic mass is 10.00. The van der Waals surface area contributed by atoms with Crippen LogP contribution in [0.1, 0.15) is 36.8 Å². The van der Waals surface area contributed by atoms with Gasteiger partial charge in [-0.1, -0.05) is 31.2 Å². The number of likely N-dealkylation sites (N-methyl/N-ethyl adjacent to an activating group) is 3. The largest absolute Gasteiger partial charge is 0.319 e. The van der Waals surface area contributed by atoms with E-state index in [0.717, 1.165) is 19.1 Å². The fourth-order valence-electron chi connectivity index (χ4n) is 3.32. The van der Waals surface area contributed by atoms with Crippen LogP contribution in [0.3, 0.4) is 0 Å². The Hall–Kier alpha value is -0.900. The topological polar surface area (TPSA) is 18.5 Å². The molecule has 1 N–H and O–H groups in total. The highest BCUT2D eigenvalue weighted by Crippen LogP contribution is 2.18. The molecule has 1 fully saturated rings. The Morgan fingerprint density at radius 3 is 2.62 bits per heavy atom. The maximum absolute atomic E-state index is 3.24. The van der Waals surface area contributed by atoms with Gasteiger partial charge in [-0.2, -0.15) is 0 Å². The van der Waals surface area contributed by atoms with Crippen LogP contribution in [-0.4, -0.2) is 56.6 Å². The molecule has 0 spiro atoms. The molecule has 2 atom stereocenters. The molecule has 1 heterocycles. The fourth-order valence-corrected chi connectivity index (χ4v) is 3.32. The van der Waals surface area contributed by atoms with Gasteiger partial charge in [-0.15, -0.1) is 0 Å².